The predicted octanol–water partition coefficient (Wildman–Crippen LogP) is 2.47. The quantitative estimate of drug-likeness (QED) is 0.511. The third-order valence-corrected chi connectivity index (χ3v) is 0.530. The van der Waals surface area contributed by atoms with Crippen molar-refractivity contribution in [1.29, 1.82) is 0 Å². The van der Waals surface area contributed by atoms with Crippen LogP contribution in [0, 0.1) is 18.9 Å². The van der Waals surface area contributed by atoms with E-state index >= 15 is 0 Å². The second kappa shape index (κ2) is 5.97. The monoisotopic (exact) mass is 187 g/mol. The molecule has 0 atom stereocenters. The zero-order valence-electron chi connectivity index (χ0n) is 6.28. The van der Waals surface area contributed by atoms with Crippen LogP contribution in [0.5, 0.6) is 0 Å². The van der Waals surface area contributed by atoms with E-state index in [0.29, 0.717) is 0 Å². The molecule has 0 nitrogen and oxygen atoms in total. The van der Waals surface area contributed by atoms with Gasteiger partial charge in [-0.05, 0) is 0 Å². The largest absolute Gasteiger partial charge is 0.498 e. The van der Waals surface area contributed by atoms with E-state index in [0.717, 1.165) is 0 Å². The normalized spacial score (nSPS) is 8.38. The smallest absolute Gasteiger partial charge is 0 e. The summed E-state index contributed by atoms with van der Waals surface area (Å²) >= 11 is 0. The molecule has 1 radical (unpaired) electrons. The number of allylic oxidation sites excluding steroid dienone is 1. The van der Waals surface area contributed by atoms with E-state index in [1.165, 1.54) is 0 Å². The van der Waals surface area contributed by atoms with Crippen LogP contribution in [0.4, 0.5) is 0 Å². The Morgan fingerprint density at radius 1 is 1.25 bits per heavy atom. The standard InChI is InChI=1S/C6H11.CH3.Y/c1-5-6(2,3)4;;/h1H2,2-4H3;1H3;/q2*-1;. The molecule has 47 valence electrons. The topological polar surface area (TPSA) is 0 Å². The summed E-state index contributed by atoms with van der Waals surface area (Å²) in [5.74, 6) is 0. The minimum Gasteiger partial charge on any atom is -0.498 e. The van der Waals surface area contributed by atoms with Crippen LogP contribution < -0.4 is 0 Å². The van der Waals surface area contributed by atoms with Crippen molar-refractivity contribution in [3.05, 3.63) is 20.1 Å². The Morgan fingerprint density at radius 2 is 1.38 bits per heavy atom. The van der Waals surface area contributed by atoms with Gasteiger partial charge in [0.2, 0.25) is 0 Å². The molecule has 0 N–H and O–H groups in total. The van der Waals surface area contributed by atoms with Crippen molar-refractivity contribution in [3.8, 4) is 0 Å². The van der Waals surface area contributed by atoms with Crippen molar-refractivity contribution in [3.63, 3.8) is 0 Å². The van der Waals surface area contributed by atoms with Crippen LogP contribution in [0.2, 0.25) is 0 Å². The first-order valence-corrected chi connectivity index (χ1v) is 2.10. The van der Waals surface area contributed by atoms with Gasteiger partial charge in [0.1, 0.15) is 0 Å². The third kappa shape index (κ3) is 15.8. The zero-order valence-corrected chi connectivity index (χ0v) is 9.12. The van der Waals surface area contributed by atoms with Crippen molar-refractivity contribution in [2.45, 2.75) is 20.8 Å². The fraction of sp³-hybridized carbons (Fsp3) is 0.571. The summed E-state index contributed by atoms with van der Waals surface area (Å²) in [5.41, 5.74) is 0.181. The van der Waals surface area contributed by atoms with Gasteiger partial charge in [0, 0.05) is 32.7 Å². The van der Waals surface area contributed by atoms with Gasteiger partial charge in [0.15, 0.2) is 0 Å². The first kappa shape index (κ1) is 15.9. The van der Waals surface area contributed by atoms with Crippen LogP contribution in [0.25, 0.3) is 0 Å². The molecule has 0 aliphatic heterocycles. The summed E-state index contributed by atoms with van der Waals surface area (Å²) in [6.07, 6.45) is 2.85. The Morgan fingerprint density at radius 3 is 1.38 bits per heavy atom. The molecule has 0 saturated heterocycles. The van der Waals surface area contributed by atoms with E-state index in [1.807, 2.05) is 0 Å². The molecule has 0 aliphatic carbocycles. The molecular weight excluding hydrogens is 173 g/mol. The predicted molar refractivity (Wildman–Crippen MR) is 34.7 cm³/mol. The van der Waals surface area contributed by atoms with Gasteiger partial charge in [-0.1, -0.05) is 20.8 Å². The summed E-state index contributed by atoms with van der Waals surface area (Å²) in [5, 5.41) is 0. The number of hydrogen-bond acceptors (Lipinski definition) is 0. The summed E-state index contributed by atoms with van der Waals surface area (Å²) in [6.45, 7) is 9.72. The van der Waals surface area contributed by atoms with Crippen LogP contribution in [0.15, 0.2) is 6.58 Å². The maximum absolute atomic E-state index is 3.51. The molecule has 0 unspecified atom stereocenters. The average Bonchev–Trinajstić information content (AvgIpc) is 1.35. The van der Waals surface area contributed by atoms with E-state index in [1.54, 1.807) is 0 Å². The molecule has 0 rings (SSSR count). The minimum atomic E-state index is 0. The van der Waals surface area contributed by atoms with Crippen LogP contribution >= 0.6 is 0 Å². The van der Waals surface area contributed by atoms with Gasteiger partial charge in [0.05, 0.1) is 0 Å². The first-order chi connectivity index (χ1) is 2.56. The van der Waals surface area contributed by atoms with Gasteiger partial charge in [-0.2, -0.15) is 5.41 Å². The second-order valence-corrected chi connectivity index (χ2v) is 2.43. The van der Waals surface area contributed by atoms with E-state index < -0.39 is 0 Å². The van der Waals surface area contributed by atoms with Gasteiger partial charge >= 0.3 is 0 Å². The van der Waals surface area contributed by atoms with Crippen molar-refractivity contribution < 1.29 is 32.7 Å². The van der Waals surface area contributed by atoms with Gasteiger partial charge in [-0.15, -0.1) is 0 Å². The molecule has 0 aromatic heterocycles. The van der Waals surface area contributed by atoms with Gasteiger partial charge in [-0.25, -0.2) is 0 Å². The fourth-order valence-corrected chi connectivity index (χ4v) is 0. The zero-order chi connectivity index (χ0) is 5.21. The third-order valence-electron chi connectivity index (χ3n) is 0.530. The molecule has 1 heteroatoms. The second-order valence-electron chi connectivity index (χ2n) is 2.43. The summed E-state index contributed by atoms with van der Waals surface area (Å²) < 4.78 is 0. The van der Waals surface area contributed by atoms with Crippen LogP contribution in [0.1, 0.15) is 20.8 Å². The SMILES string of the molecule is C=[C-]C(C)(C)C.[CH3-].[Y]. The molecule has 0 aromatic carbocycles. The van der Waals surface area contributed by atoms with Crippen molar-refractivity contribution >= 4 is 0 Å². The van der Waals surface area contributed by atoms with E-state index in [9.17, 15) is 0 Å². The van der Waals surface area contributed by atoms with Gasteiger partial charge < -0.3 is 13.5 Å². The molecular formula is C7H14Y-2. The van der Waals surface area contributed by atoms with Crippen molar-refractivity contribution in [1.82, 2.24) is 0 Å². The molecule has 8 heavy (non-hydrogen) atoms. The maximum Gasteiger partial charge on any atom is 0 e. The molecule has 0 amide bonds. The van der Waals surface area contributed by atoms with E-state index in [-0.39, 0.29) is 45.6 Å². The molecule has 0 heterocycles. The van der Waals surface area contributed by atoms with Gasteiger partial charge in [-0.3, -0.25) is 6.58 Å². The molecule has 0 saturated carbocycles. The van der Waals surface area contributed by atoms with Crippen LogP contribution in [0.3, 0.4) is 0 Å². The molecule has 0 aliphatic rings. The van der Waals surface area contributed by atoms with Crippen LogP contribution in [-0.2, 0) is 32.7 Å². The molecule has 0 bridgehead atoms. The summed E-state index contributed by atoms with van der Waals surface area (Å²) in [7, 11) is 0. The Kier molecular flexibility index (Phi) is 11.9. The maximum atomic E-state index is 3.51. The summed E-state index contributed by atoms with van der Waals surface area (Å²) in [6, 6.07) is 0. The Labute approximate surface area is 78.6 Å². The van der Waals surface area contributed by atoms with E-state index in [4.69, 9.17) is 0 Å². The van der Waals surface area contributed by atoms with Crippen molar-refractivity contribution in [2.75, 3.05) is 0 Å². The van der Waals surface area contributed by atoms with Gasteiger partial charge in [0.25, 0.3) is 0 Å². The fourth-order valence-electron chi connectivity index (χ4n) is 0. The Bertz CT molecular complexity index is 49.9. The number of rotatable bonds is 0. The average molecular weight is 187 g/mol. The van der Waals surface area contributed by atoms with E-state index in [2.05, 4.69) is 33.4 Å². The molecule has 0 fully saturated rings. The first-order valence-electron chi connectivity index (χ1n) is 2.10. The minimum absolute atomic E-state index is 0. The molecule has 0 spiro atoms. The summed E-state index contributed by atoms with van der Waals surface area (Å²) in [4.78, 5) is 0. The Hall–Kier alpha value is 0.844. The van der Waals surface area contributed by atoms with Crippen LogP contribution in [-0.4, -0.2) is 0 Å². The number of hydrogen-bond donors (Lipinski definition) is 0. The van der Waals surface area contributed by atoms with Crippen molar-refractivity contribution in [2.24, 2.45) is 5.41 Å². The Balaban J connectivity index is -0.000000125. The molecule has 0 aromatic rings.